The second kappa shape index (κ2) is 6.50. The molecule has 0 aliphatic carbocycles. The van der Waals surface area contributed by atoms with Crippen molar-refractivity contribution in [3.05, 3.63) is 0 Å². The molecule has 1 aliphatic heterocycles. The molecule has 1 amide bonds. The van der Waals surface area contributed by atoms with Crippen molar-refractivity contribution in [1.29, 1.82) is 0 Å². The Morgan fingerprint density at radius 2 is 1.89 bits per heavy atom. The molecule has 0 spiro atoms. The summed E-state index contributed by atoms with van der Waals surface area (Å²) in [5, 5.41) is 12.1. The maximum Gasteiger partial charge on any atom is 0.310 e. The van der Waals surface area contributed by atoms with E-state index >= 15 is 0 Å². The summed E-state index contributed by atoms with van der Waals surface area (Å²) in [5.41, 5.74) is -1.04. The molecule has 0 aromatic carbocycles. The lowest BCUT2D eigenvalue weighted by Gasteiger charge is -2.30. The molecule has 0 aromatic rings. The Morgan fingerprint density at radius 1 is 1.37 bits per heavy atom. The second-order valence-corrected chi connectivity index (χ2v) is 7.44. The third-order valence-corrected chi connectivity index (χ3v) is 5.43. The molecule has 1 fully saturated rings. The van der Waals surface area contributed by atoms with E-state index in [1.54, 1.807) is 6.92 Å². The third-order valence-electron chi connectivity index (χ3n) is 4.04. The van der Waals surface area contributed by atoms with Crippen molar-refractivity contribution in [2.45, 2.75) is 46.1 Å². The number of carboxylic acids is 1. The van der Waals surface area contributed by atoms with Gasteiger partial charge in [-0.3, -0.25) is 13.8 Å². The first-order valence-corrected chi connectivity index (χ1v) is 8.12. The lowest BCUT2D eigenvalue weighted by Crippen LogP contribution is -2.44. The smallest absolute Gasteiger partial charge is 0.310 e. The summed E-state index contributed by atoms with van der Waals surface area (Å²) in [6.07, 6.45) is 1.41. The van der Waals surface area contributed by atoms with Gasteiger partial charge < -0.3 is 10.4 Å². The summed E-state index contributed by atoms with van der Waals surface area (Å²) in [6.45, 7) is 5.23. The highest BCUT2D eigenvalue weighted by Crippen LogP contribution is 2.31. The summed E-state index contributed by atoms with van der Waals surface area (Å²) in [6, 6.07) is 0.0374. The van der Waals surface area contributed by atoms with Crippen LogP contribution < -0.4 is 5.32 Å². The molecule has 1 atom stereocenters. The quantitative estimate of drug-likeness (QED) is 0.795. The van der Waals surface area contributed by atoms with Gasteiger partial charge in [0.2, 0.25) is 5.91 Å². The molecule has 1 saturated heterocycles. The summed E-state index contributed by atoms with van der Waals surface area (Å²) in [7, 11) is -0.755. The van der Waals surface area contributed by atoms with Gasteiger partial charge in [-0.25, -0.2) is 0 Å². The molecule has 5 nitrogen and oxygen atoms in total. The number of amides is 1. The maximum atomic E-state index is 12.0. The average molecular weight is 289 g/mol. The fourth-order valence-electron chi connectivity index (χ4n) is 2.08. The number of carbonyl (C=O) groups is 2. The Kier molecular flexibility index (Phi) is 5.52. The zero-order valence-corrected chi connectivity index (χ0v) is 12.6. The van der Waals surface area contributed by atoms with Gasteiger partial charge in [-0.1, -0.05) is 13.8 Å². The van der Waals surface area contributed by atoms with E-state index in [1.165, 1.54) is 0 Å². The predicted octanol–water partition coefficient (Wildman–Crippen LogP) is 1.15. The molecule has 6 heteroatoms. The van der Waals surface area contributed by atoms with Gasteiger partial charge in [0.05, 0.1) is 5.41 Å². The summed E-state index contributed by atoms with van der Waals surface area (Å²) in [4.78, 5) is 23.3. The summed E-state index contributed by atoms with van der Waals surface area (Å²) in [5.74, 6) is -0.0512. The molecule has 0 radical (unpaired) electrons. The van der Waals surface area contributed by atoms with E-state index in [1.807, 2.05) is 13.8 Å². The van der Waals surface area contributed by atoms with Gasteiger partial charge in [-0.2, -0.15) is 0 Å². The van der Waals surface area contributed by atoms with Gasteiger partial charge >= 0.3 is 5.97 Å². The first-order chi connectivity index (χ1) is 8.75. The van der Waals surface area contributed by atoms with E-state index in [9.17, 15) is 18.9 Å². The van der Waals surface area contributed by atoms with Crippen LogP contribution in [0.5, 0.6) is 0 Å². The Morgan fingerprint density at radius 3 is 2.32 bits per heavy atom. The molecule has 1 heterocycles. The molecule has 1 aliphatic rings. The van der Waals surface area contributed by atoms with Crippen LogP contribution in [0.4, 0.5) is 0 Å². The van der Waals surface area contributed by atoms with Crippen molar-refractivity contribution in [3.8, 4) is 0 Å². The van der Waals surface area contributed by atoms with E-state index in [-0.39, 0.29) is 24.3 Å². The monoisotopic (exact) mass is 289 g/mol. The van der Waals surface area contributed by atoms with Crippen LogP contribution in [-0.2, 0) is 20.4 Å². The highest BCUT2D eigenvalue weighted by atomic mass is 32.2. The lowest BCUT2D eigenvalue weighted by atomic mass is 9.76. The molecule has 2 N–H and O–H groups in total. The minimum Gasteiger partial charge on any atom is -0.481 e. The van der Waals surface area contributed by atoms with Gasteiger partial charge in [-0.15, -0.1) is 0 Å². The highest BCUT2D eigenvalue weighted by Gasteiger charge is 2.39. The normalized spacial score (nSPS) is 26.7. The molecular weight excluding hydrogens is 266 g/mol. The van der Waals surface area contributed by atoms with Crippen molar-refractivity contribution >= 4 is 22.7 Å². The van der Waals surface area contributed by atoms with Gasteiger partial charge in [0, 0.05) is 34.8 Å². The van der Waals surface area contributed by atoms with Gasteiger partial charge in [0.15, 0.2) is 0 Å². The van der Waals surface area contributed by atoms with Crippen molar-refractivity contribution in [3.63, 3.8) is 0 Å². The van der Waals surface area contributed by atoms with Crippen LogP contribution in [0.2, 0.25) is 0 Å². The van der Waals surface area contributed by atoms with Gasteiger partial charge in [0.25, 0.3) is 0 Å². The number of rotatable bonds is 5. The molecule has 0 bridgehead atoms. The van der Waals surface area contributed by atoms with E-state index in [2.05, 4.69) is 5.32 Å². The predicted molar refractivity (Wildman–Crippen MR) is 74.2 cm³/mol. The second-order valence-electron chi connectivity index (χ2n) is 5.74. The first kappa shape index (κ1) is 16.1. The average Bonchev–Trinajstić information content (AvgIpc) is 2.31. The van der Waals surface area contributed by atoms with Crippen molar-refractivity contribution < 1.29 is 18.9 Å². The van der Waals surface area contributed by atoms with Crippen molar-refractivity contribution in [2.75, 3.05) is 11.5 Å². The van der Waals surface area contributed by atoms with Crippen LogP contribution in [0, 0.1) is 11.3 Å². The van der Waals surface area contributed by atoms with E-state index in [0.29, 0.717) is 24.3 Å². The van der Waals surface area contributed by atoms with Crippen LogP contribution in [0.1, 0.15) is 40.0 Å². The largest absolute Gasteiger partial charge is 0.481 e. The third kappa shape index (κ3) is 4.30. The van der Waals surface area contributed by atoms with Gasteiger partial charge in [-0.05, 0) is 25.7 Å². The molecule has 1 rings (SSSR count). The van der Waals surface area contributed by atoms with Crippen LogP contribution in [0.25, 0.3) is 0 Å². The van der Waals surface area contributed by atoms with E-state index < -0.39 is 22.2 Å². The number of hydrogen-bond acceptors (Lipinski definition) is 3. The van der Waals surface area contributed by atoms with Crippen LogP contribution in [0.3, 0.4) is 0 Å². The Bertz CT molecular complexity index is 373. The SMILES string of the molecule is CC(C)C(C)(CC(=O)NC1CCS(=O)CC1)C(=O)O. The number of aliphatic carboxylic acids is 1. The standard InChI is InChI=1S/C13H23NO4S/c1-9(2)13(3,12(16)17)8-11(15)14-10-4-6-19(18)7-5-10/h9-10H,4-8H2,1-3H3,(H,14,15)(H,16,17). The highest BCUT2D eigenvalue weighted by molar-refractivity contribution is 7.85. The Balaban J connectivity index is 2.54. The van der Waals surface area contributed by atoms with Crippen LogP contribution in [-0.4, -0.2) is 38.7 Å². The Hall–Kier alpha value is -0.910. The fourth-order valence-corrected chi connectivity index (χ4v) is 3.38. The van der Waals surface area contributed by atoms with E-state index in [0.717, 1.165) is 0 Å². The Labute approximate surface area is 116 Å². The summed E-state index contributed by atoms with van der Waals surface area (Å²) < 4.78 is 11.2. The molecular formula is C13H23NO4S. The fraction of sp³-hybridized carbons (Fsp3) is 0.846. The molecule has 110 valence electrons. The minimum atomic E-state index is -1.04. The summed E-state index contributed by atoms with van der Waals surface area (Å²) >= 11 is 0. The number of carbonyl (C=O) groups excluding carboxylic acids is 1. The number of hydrogen-bond donors (Lipinski definition) is 2. The molecule has 1 unspecified atom stereocenters. The zero-order chi connectivity index (χ0) is 14.6. The zero-order valence-electron chi connectivity index (χ0n) is 11.8. The molecule has 0 saturated carbocycles. The maximum absolute atomic E-state index is 12.0. The lowest BCUT2D eigenvalue weighted by molar-refractivity contribution is -0.153. The first-order valence-electron chi connectivity index (χ1n) is 6.63. The van der Waals surface area contributed by atoms with E-state index in [4.69, 9.17) is 0 Å². The van der Waals surface area contributed by atoms with Crippen molar-refractivity contribution in [2.24, 2.45) is 11.3 Å². The number of nitrogens with one attached hydrogen (secondary N) is 1. The minimum absolute atomic E-state index is 0.0143. The van der Waals surface area contributed by atoms with Crippen LogP contribution >= 0.6 is 0 Å². The van der Waals surface area contributed by atoms with Crippen molar-refractivity contribution in [1.82, 2.24) is 5.32 Å². The molecule has 0 aromatic heterocycles. The topological polar surface area (TPSA) is 83.5 Å². The van der Waals surface area contributed by atoms with Crippen LogP contribution in [0.15, 0.2) is 0 Å². The van der Waals surface area contributed by atoms with Gasteiger partial charge in [0.1, 0.15) is 0 Å². The number of carboxylic acid groups (broad SMARTS) is 1. The molecule has 19 heavy (non-hydrogen) atoms.